The largest absolute Gasteiger partial charge is 0.465 e. The van der Waals surface area contributed by atoms with Crippen molar-refractivity contribution in [1.82, 2.24) is 0 Å². The van der Waals surface area contributed by atoms with Crippen LogP contribution in [0.1, 0.15) is 152 Å². The zero-order valence-electron chi connectivity index (χ0n) is 23.3. The third-order valence-electron chi connectivity index (χ3n) is 7.84. The van der Waals surface area contributed by atoms with Crippen molar-refractivity contribution in [2.24, 2.45) is 0 Å². The van der Waals surface area contributed by atoms with Crippen LogP contribution in [0.2, 0.25) is 5.02 Å². The Hall–Kier alpha value is -1.06. The quantitative estimate of drug-likeness (QED) is 0.127. The second-order valence-electron chi connectivity index (χ2n) is 10.9. The minimum Gasteiger partial charge on any atom is -0.465 e. The fraction of sp³-hybridized carbons (Fsp3) is 0.781. The number of halogens is 1. The summed E-state index contributed by atoms with van der Waals surface area (Å²) >= 11 is 6.69. The van der Waals surface area contributed by atoms with E-state index in [4.69, 9.17) is 21.1 Å². The number of carbonyl (C=O) groups excluding carboxylic acids is 1. The Bertz CT molecular complexity index is 699. The number of esters is 1. The number of ether oxygens (including phenoxy) is 2. The Morgan fingerprint density at radius 3 is 2.00 bits per heavy atom. The lowest BCUT2D eigenvalue weighted by atomic mass is 9.83. The van der Waals surface area contributed by atoms with Crippen molar-refractivity contribution in [3.63, 3.8) is 0 Å². The van der Waals surface area contributed by atoms with Crippen molar-refractivity contribution in [1.29, 1.82) is 0 Å². The molecule has 0 heterocycles. The van der Waals surface area contributed by atoms with Gasteiger partial charge in [-0.25, -0.2) is 0 Å². The molecule has 2 rings (SSSR count). The number of hydrogen-bond donors (Lipinski definition) is 0. The highest BCUT2D eigenvalue weighted by Crippen LogP contribution is 2.37. The van der Waals surface area contributed by atoms with Gasteiger partial charge in [-0.05, 0) is 42.4 Å². The first-order valence-electron chi connectivity index (χ1n) is 15.1. The van der Waals surface area contributed by atoms with E-state index >= 15 is 0 Å². The highest BCUT2D eigenvalue weighted by molar-refractivity contribution is 6.31. The zero-order valence-corrected chi connectivity index (χ0v) is 24.1. The van der Waals surface area contributed by atoms with Crippen molar-refractivity contribution >= 4 is 17.6 Å². The molecule has 0 saturated heterocycles. The van der Waals surface area contributed by atoms with E-state index in [1.54, 1.807) is 7.11 Å². The Morgan fingerprint density at radius 2 is 1.44 bits per heavy atom. The zero-order chi connectivity index (χ0) is 25.8. The Kier molecular flexibility index (Phi) is 17.3. The summed E-state index contributed by atoms with van der Waals surface area (Å²) in [6.07, 6.45) is 23.9. The Morgan fingerprint density at radius 1 is 0.861 bits per heavy atom. The average molecular weight is 521 g/mol. The molecule has 0 aromatic heterocycles. The predicted octanol–water partition coefficient (Wildman–Crippen LogP) is 10.1. The van der Waals surface area contributed by atoms with E-state index < -0.39 is 0 Å². The maximum absolute atomic E-state index is 12.3. The van der Waals surface area contributed by atoms with Crippen LogP contribution < -0.4 is 0 Å². The molecule has 3 nitrogen and oxygen atoms in total. The smallest absolute Gasteiger partial charge is 0.305 e. The molecule has 36 heavy (non-hydrogen) atoms. The normalized spacial score (nSPS) is 15.2. The van der Waals surface area contributed by atoms with Gasteiger partial charge in [-0.1, -0.05) is 127 Å². The van der Waals surface area contributed by atoms with Crippen LogP contribution in [0.5, 0.6) is 0 Å². The molecule has 1 aromatic carbocycles. The van der Waals surface area contributed by atoms with Gasteiger partial charge in [-0.2, -0.15) is 0 Å². The van der Waals surface area contributed by atoms with Gasteiger partial charge in [-0.3, -0.25) is 4.79 Å². The minimum absolute atomic E-state index is 0.0171. The van der Waals surface area contributed by atoms with E-state index in [2.05, 4.69) is 25.1 Å². The van der Waals surface area contributed by atoms with E-state index in [1.165, 1.54) is 108 Å². The fourth-order valence-electron chi connectivity index (χ4n) is 5.54. The summed E-state index contributed by atoms with van der Waals surface area (Å²) < 4.78 is 11.1. The van der Waals surface area contributed by atoms with Gasteiger partial charge in [-0.15, -0.1) is 0 Å². The van der Waals surface area contributed by atoms with Gasteiger partial charge in [0.25, 0.3) is 0 Å². The van der Waals surface area contributed by atoms with Gasteiger partial charge in [0.15, 0.2) is 0 Å². The van der Waals surface area contributed by atoms with Crippen LogP contribution >= 0.6 is 11.6 Å². The maximum atomic E-state index is 12.3. The molecule has 1 atom stereocenters. The standard InChI is InChI=1S/C32H53ClO3/c1-3-4-5-6-7-8-9-10-11-12-13-14-18-21-32(34)36-26-29(25-35-2)28-22-23-30(31(33)24-28)27-19-16-15-17-20-27/h22-24,27,29H,3-21,25-26H2,1-2H3. The summed E-state index contributed by atoms with van der Waals surface area (Å²) in [7, 11) is 1.69. The molecule has 4 heteroatoms. The molecule has 1 unspecified atom stereocenters. The van der Waals surface area contributed by atoms with Crippen LogP contribution in [0.15, 0.2) is 18.2 Å². The van der Waals surface area contributed by atoms with Crippen LogP contribution in [0.4, 0.5) is 0 Å². The number of unbranched alkanes of at least 4 members (excludes halogenated alkanes) is 12. The molecule has 206 valence electrons. The first-order valence-corrected chi connectivity index (χ1v) is 15.5. The number of carbonyl (C=O) groups is 1. The van der Waals surface area contributed by atoms with Gasteiger partial charge in [0, 0.05) is 24.5 Å². The van der Waals surface area contributed by atoms with Gasteiger partial charge >= 0.3 is 5.97 Å². The van der Waals surface area contributed by atoms with Gasteiger partial charge < -0.3 is 9.47 Å². The predicted molar refractivity (Wildman–Crippen MR) is 153 cm³/mol. The fourth-order valence-corrected chi connectivity index (χ4v) is 5.88. The molecule has 1 aromatic rings. The first kappa shape index (κ1) is 31.2. The summed E-state index contributed by atoms with van der Waals surface area (Å²) in [4.78, 5) is 12.3. The molecule has 1 aliphatic rings. The van der Waals surface area contributed by atoms with E-state index in [-0.39, 0.29) is 11.9 Å². The SMILES string of the molecule is CCCCCCCCCCCCCCCC(=O)OCC(COC)c1ccc(C2CCCCC2)c(Cl)c1. The van der Waals surface area contributed by atoms with Crippen LogP contribution in [-0.2, 0) is 14.3 Å². The van der Waals surface area contributed by atoms with E-state index in [1.807, 2.05) is 0 Å². The number of methoxy groups -OCH3 is 1. The van der Waals surface area contributed by atoms with Crippen molar-refractivity contribution in [2.45, 2.75) is 141 Å². The number of benzene rings is 1. The molecular weight excluding hydrogens is 468 g/mol. The summed E-state index contributed by atoms with van der Waals surface area (Å²) in [6, 6.07) is 6.40. The molecule has 0 aliphatic heterocycles. The maximum Gasteiger partial charge on any atom is 0.305 e. The van der Waals surface area contributed by atoms with Crippen molar-refractivity contribution in [2.75, 3.05) is 20.3 Å². The van der Waals surface area contributed by atoms with Crippen molar-refractivity contribution in [3.05, 3.63) is 34.3 Å². The second kappa shape index (κ2) is 20.0. The monoisotopic (exact) mass is 520 g/mol. The topological polar surface area (TPSA) is 35.5 Å². The molecule has 1 saturated carbocycles. The Balaban J connectivity index is 1.58. The summed E-state index contributed by atoms with van der Waals surface area (Å²) in [5, 5.41) is 0.846. The third-order valence-corrected chi connectivity index (χ3v) is 8.17. The summed E-state index contributed by atoms with van der Waals surface area (Å²) in [5.74, 6) is 0.506. The lowest BCUT2D eigenvalue weighted by Crippen LogP contribution is -2.17. The average Bonchev–Trinajstić information content (AvgIpc) is 2.89. The van der Waals surface area contributed by atoms with E-state index in [9.17, 15) is 4.79 Å². The Labute approximate surface area is 227 Å². The molecule has 0 N–H and O–H groups in total. The molecule has 1 aliphatic carbocycles. The summed E-state index contributed by atoms with van der Waals surface area (Å²) in [6.45, 7) is 3.14. The summed E-state index contributed by atoms with van der Waals surface area (Å²) in [5.41, 5.74) is 2.37. The highest BCUT2D eigenvalue weighted by Gasteiger charge is 2.20. The van der Waals surface area contributed by atoms with E-state index in [0.717, 1.165) is 23.4 Å². The van der Waals surface area contributed by atoms with Crippen LogP contribution in [0, 0.1) is 0 Å². The third kappa shape index (κ3) is 13.0. The lowest BCUT2D eigenvalue weighted by molar-refractivity contribution is -0.144. The molecular formula is C32H53ClO3. The molecule has 0 amide bonds. The first-order chi connectivity index (χ1) is 17.7. The van der Waals surface area contributed by atoms with Crippen molar-refractivity contribution < 1.29 is 14.3 Å². The van der Waals surface area contributed by atoms with Gasteiger partial charge in [0.1, 0.15) is 6.61 Å². The van der Waals surface area contributed by atoms with Crippen LogP contribution in [0.25, 0.3) is 0 Å². The van der Waals surface area contributed by atoms with Gasteiger partial charge in [0.05, 0.1) is 6.61 Å². The van der Waals surface area contributed by atoms with Gasteiger partial charge in [0.2, 0.25) is 0 Å². The highest BCUT2D eigenvalue weighted by atomic mass is 35.5. The lowest BCUT2D eigenvalue weighted by Gasteiger charge is -2.24. The molecule has 0 radical (unpaired) electrons. The second-order valence-corrected chi connectivity index (χ2v) is 11.4. The van der Waals surface area contributed by atoms with Crippen LogP contribution in [0.3, 0.4) is 0 Å². The van der Waals surface area contributed by atoms with Crippen LogP contribution in [-0.4, -0.2) is 26.3 Å². The van der Waals surface area contributed by atoms with Crippen molar-refractivity contribution in [3.8, 4) is 0 Å². The minimum atomic E-state index is -0.0934. The molecule has 0 bridgehead atoms. The number of rotatable bonds is 20. The number of hydrogen-bond acceptors (Lipinski definition) is 3. The molecule has 1 fully saturated rings. The molecule has 0 spiro atoms. The van der Waals surface area contributed by atoms with E-state index in [0.29, 0.717) is 25.6 Å².